The van der Waals surface area contributed by atoms with Gasteiger partial charge in [0.15, 0.2) is 4.34 Å². The zero-order valence-corrected chi connectivity index (χ0v) is 11.1. The number of ether oxygens (including phenoxy) is 1. The summed E-state index contributed by atoms with van der Waals surface area (Å²) < 4.78 is 6.23. The summed E-state index contributed by atoms with van der Waals surface area (Å²) in [5, 5.41) is 2.67. The van der Waals surface area contributed by atoms with E-state index in [-0.39, 0.29) is 0 Å². The number of hydrogen-bond donors (Lipinski definition) is 1. The SMILES string of the molecule is CCOc1ncnc(Sc2nc(C)cs2)c1N. The highest BCUT2D eigenvalue weighted by Gasteiger charge is 2.11. The Morgan fingerprint density at radius 1 is 1.47 bits per heavy atom. The molecule has 0 radical (unpaired) electrons. The van der Waals surface area contributed by atoms with E-state index >= 15 is 0 Å². The second-order valence-electron chi connectivity index (χ2n) is 3.19. The van der Waals surface area contributed by atoms with Crippen LogP contribution in [-0.2, 0) is 0 Å². The number of nitrogen functional groups attached to an aromatic ring is 1. The lowest BCUT2D eigenvalue weighted by Gasteiger charge is -2.07. The molecule has 0 saturated carbocycles. The number of aryl methyl sites for hydroxylation is 1. The highest BCUT2D eigenvalue weighted by atomic mass is 32.2. The summed E-state index contributed by atoms with van der Waals surface area (Å²) in [4.78, 5) is 12.5. The minimum atomic E-state index is 0.429. The van der Waals surface area contributed by atoms with Crippen LogP contribution in [0.5, 0.6) is 5.88 Å². The maximum absolute atomic E-state index is 5.93. The van der Waals surface area contributed by atoms with Crippen molar-refractivity contribution in [1.29, 1.82) is 0 Å². The van der Waals surface area contributed by atoms with E-state index in [1.54, 1.807) is 11.3 Å². The molecule has 2 N–H and O–H groups in total. The van der Waals surface area contributed by atoms with E-state index in [9.17, 15) is 0 Å². The Morgan fingerprint density at radius 3 is 2.94 bits per heavy atom. The monoisotopic (exact) mass is 268 g/mol. The third kappa shape index (κ3) is 2.86. The Bertz CT molecular complexity index is 515. The van der Waals surface area contributed by atoms with Crippen LogP contribution in [0.25, 0.3) is 0 Å². The second kappa shape index (κ2) is 5.33. The number of nitrogens with zero attached hydrogens (tertiary/aromatic N) is 3. The summed E-state index contributed by atoms with van der Waals surface area (Å²) in [5.41, 5.74) is 7.39. The first kappa shape index (κ1) is 12.1. The highest BCUT2D eigenvalue weighted by molar-refractivity contribution is 8.01. The van der Waals surface area contributed by atoms with E-state index < -0.39 is 0 Å². The van der Waals surface area contributed by atoms with Gasteiger partial charge in [0.2, 0.25) is 5.88 Å². The molecular formula is C10H12N4OS2. The molecule has 5 nitrogen and oxygen atoms in total. The molecule has 0 aliphatic rings. The smallest absolute Gasteiger partial charge is 0.241 e. The van der Waals surface area contributed by atoms with E-state index in [1.807, 2.05) is 19.2 Å². The van der Waals surface area contributed by atoms with Gasteiger partial charge in [0.1, 0.15) is 17.0 Å². The lowest BCUT2D eigenvalue weighted by Crippen LogP contribution is -2.02. The molecule has 0 fully saturated rings. The largest absolute Gasteiger partial charge is 0.476 e. The third-order valence-corrected chi connectivity index (χ3v) is 3.95. The zero-order valence-electron chi connectivity index (χ0n) is 9.51. The predicted molar refractivity (Wildman–Crippen MR) is 68.6 cm³/mol. The summed E-state index contributed by atoms with van der Waals surface area (Å²) in [6.45, 7) is 4.37. The quantitative estimate of drug-likeness (QED) is 0.858. The number of aromatic nitrogens is 3. The van der Waals surface area contributed by atoms with Crippen LogP contribution < -0.4 is 10.5 Å². The Morgan fingerprint density at radius 2 is 2.29 bits per heavy atom. The van der Waals surface area contributed by atoms with E-state index in [0.717, 1.165) is 10.0 Å². The number of nitrogens with two attached hydrogens (primary N) is 1. The van der Waals surface area contributed by atoms with Crippen molar-refractivity contribution in [3.05, 3.63) is 17.4 Å². The van der Waals surface area contributed by atoms with Gasteiger partial charge in [-0.1, -0.05) is 0 Å². The molecular weight excluding hydrogens is 256 g/mol. The molecule has 2 heterocycles. The molecule has 2 rings (SSSR count). The predicted octanol–water partition coefficient (Wildman–Crippen LogP) is 2.37. The zero-order chi connectivity index (χ0) is 12.3. The summed E-state index contributed by atoms with van der Waals surface area (Å²) >= 11 is 2.99. The summed E-state index contributed by atoms with van der Waals surface area (Å²) in [6.07, 6.45) is 1.45. The fourth-order valence-corrected chi connectivity index (χ4v) is 2.91. The fraction of sp³-hybridized carbons (Fsp3) is 0.300. The number of hydrogen-bond acceptors (Lipinski definition) is 7. The minimum Gasteiger partial charge on any atom is -0.476 e. The molecule has 0 amide bonds. The average molecular weight is 268 g/mol. The molecule has 0 bridgehead atoms. The van der Waals surface area contributed by atoms with Gasteiger partial charge in [-0.2, -0.15) is 4.98 Å². The third-order valence-electron chi connectivity index (χ3n) is 1.87. The van der Waals surface area contributed by atoms with Crippen LogP contribution in [0, 0.1) is 6.92 Å². The number of anilines is 1. The van der Waals surface area contributed by atoms with Gasteiger partial charge in [0, 0.05) is 11.1 Å². The van der Waals surface area contributed by atoms with Gasteiger partial charge >= 0.3 is 0 Å². The minimum absolute atomic E-state index is 0.429. The first-order valence-corrected chi connectivity index (χ1v) is 6.73. The van der Waals surface area contributed by atoms with Gasteiger partial charge in [0.25, 0.3) is 0 Å². The summed E-state index contributed by atoms with van der Waals surface area (Å²) in [7, 11) is 0. The van der Waals surface area contributed by atoms with Crippen molar-refractivity contribution < 1.29 is 4.74 Å². The van der Waals surface area contributed by atoms with Crippen molar-refractivity contribution in [1.82, 2.24) is 15.0 Å². The van der Waals surface area contributed by atoms with Crippen LogP contribution in [0.1, 0.15) is 12.6 Å². The van der Waals surface area contributed by atoms with Gasteiger partial charge in [-0.3, -0.25) is 0 Å². The van der Waals surface area contributed by atoms with Crippen LogP contribution >= 0.6 is 23.1 Å². The second-order valence-corrected chi connectivity index (χ2v) is 5.28. The summed E-state index contributed by atoms with van der Waals surface area (Å²) in [5.74, 6) is 0.429. The molecule has 2 aromatic rings. The average Bonchev–Trinajstić information content (AvgIpc) is 2.70. The highest BCUT2D eigenvalue weighted by Crippen LogP contribution is 2.35. The van der Waals surface area contributed by atoms with Crippen molar-refractivity contribution in [3.63, 3.8) is 0 Å². The van der Waals surface area contributed by atoms with Gasteiger partial charge in [0.05, 0.1) is 6.61 Å². The molecule has 0 unspecified atom stereocenters. The van der Waals surface area contributed by atoms with Gasteiger partial charge < -0.3 is 10.5 Å². The van der Waals surface area contributed by atoms with Crippen molar-refractivity contribution in [2.45, 2.75) is 23.2 Å². The van der Waals surface area contributed by atoms with Crippen LogP contribution in [0.3, 0.4) is 0 Å². The number of rotatable bonds is 4. The molecule has 0 spiro atoms. The Hall–Kier alpha value is -1.34. The first-order valence-electron chi connectivity index (χ1n) is 5.04. The molecule has 0 aliphatic heterocycles. The topological polar surface area (TPSA) is 73.9 Å². The van der Waals surface area contributed by atoms with Crippen LogP contribution in [-0.4, -0.2) is 21.6 Å². The lowest BCUT2D eigenvalue weighted by atomic mass is 10.5. The Kier molecular flexibility index (Phi) is 3.80. The molecule has 2 aromatic heterocycles. The van der Waals surface area contributed by atoms with E-state index in [4.69, 9.17) is 10.5 Å². The molecule has 0 atom stereocenters. The van der Waals surface area contributed by atoms with Crippen molar-refractivity contribution in [2.75, 3.05) is 12.3 Å². The van der Waals surface area contributed by atoms with Crippen LogP contribution in [0.15, 0.2) is 21.1 Å². The molecule has 17 heavy (non-hydrogen) atoms. The van der Waals surface area contributed by atoms with E-state index in [0.29, 0.717) is 23.2 Å². The van der Waals surface area contributed by atoms with Crippen LogP contribution in [0.2, 0.25) is 0 Å². The maximum atomic E-state index is 5.93. The molecule has 0 aliphatic carbocycles. The van der Waals surface area contributed by atoms with Gasteiger partial charge in [-0.15, -0.1) is 11.3 Å². The van der Waals surface area contributed by atoms with E-state index in [2.05, 4.69) is 15.0 Å². The summed E-state index contributed by atoms with van der Waals surface area (Å²) in [6, 6.07) is 0. The van der Waals surface area contributed by atoms with Gasteiger partial charge in [-0.05, 0) is 25.6 Å². The fourth-order valence-electron chi connectivity index (χ4n) is 1.16. The van der Waals surface area contributed by atoms with Gasteiger partial charge in [-0.25, -0.2) is 9.97 Å². The molecule has 7 heteroatoms. The first-order chi connectivity index (χ1) is 8.20. The number of thiazole rings is 1. The Labute approximate surface area is 107 Å². The van der Waals surface area contributed by atoms with E-state index in [1.165, 1.54) is 18.1 Å². The van der Waals surface area contributed by atoms with Crippen molar-refractivity contribution in [2.24, 2.45) is 0 Å². The lowest BCUT2D eigenvalue weighted by molar-refractivity contribution is 0.327. The standard InChI is InChI=1S/C10H12N4OS2/c1-3-15-8-7(11)9(13-5-12-8)17-10-14-6(2)4-16-10/h4-5H,3,11H2,1-2H3. The molecule has 0 aromatic carbocycles. The normalized spacial score (nSPS) is 10.5. The maximum Gasteiger partial charge on any atom is 0.241 e. The van der Waals surface area contributed by atoms with Crippen molar-refractivity contribution >= 4 is 28.8 Å². The van der Waals surface area contributed by atoms with Crippen molar-refractivity contribution in [3.8, 4) is 5.88 Å². The van der Waals surface area contributed by atoms with Crippen LogP contribution in [0.4, 0.5) is 5.69 Å². The molecule has 90 valence electrons. The Balaban J connectivity index is 2.23. The molecule has 0 saturated heterocycles.